The van der Waals surface area contributed by atoms with Crippen molar-refractivity contribution in [2.24, 2.45) is 5.73 Å². The predicted molar refractivity (Wildman–Crippen MR) is 146 cm³/mol. The number of rotatable bonds is 9. The largest absolute Gasteiger partial charge is 0.350 e. The minimum atomic E-state index is -0.349. The van der Waals surface area contributed by atoms with Crippen molar-refractivity contribution in [1.82, 2.24) is 15.5 Å². The van der Waals surface area contributed by atoms with Crippen molar-refractivity contribution in [3.05, 3.63) is 82.9 Å². The number of hydrogen-bond donors (Lipinski definition) is 3. The van der Waals surface area contributed by atoms with Gasteiger partial charge in [0, 0.05) is 42.2 Å². The predicted octanol–water partition coefficient (Wildman–Crippen LogP) is 4.32. The molecule has 0 unspecified atom stereocenters. The molecule has 1 aliphatic heterocycles. The highest BCUT2D eigenvalue weighted by molar-refractivity contribution is 6.31. The molecule has 0 aliphatic carbocycles. The summed E-state index contributed by atoms with van der Waals surface area (Å²) in [6.45, 7) is 4.36. The molecule has 36 heavy (non-hydrogen) atoms. The first-order valence-electron chi connectivity index (χ1n) is 12.8. The van der Waals surface area contributed by atoms with Gasteiger partial charge in [0.25, 0.3) is 5.91 Å². The monoisotopic (exact) mass is 506 g/mol. The van der Waals surface area contributed by atoms with E-state index in [1.54, 1.807) is 0 Å². The van der Waals surface area contributed by atoms with Gasteiger partial charge in [-0.3, -0.25) is 9.59 Å². The van der Waals surface area contributed by atoms with Crippen LogP contribution in [0.4, 0.5) is 0 Å². The van der Waals surface area contributed by atoms with Crippen molar-refractivity contribution in [3.8, 4) is 0 Å². The van der Waals surface area contributed by atoms with Crippen molar-refractivity contribution in [3.63, 3.8) is 0 Å². The smallest absolute Gasteiger partial charge is 0.251 e. The highest BCUT2D eigenvalue weighted by Crippen LogP contribution is 2.23. The number of nitrogens with zero attached hydrogens (tertiary/aromatic N) is 1. The molecule has 0 radical (unpaired) electrons. The number of nitrogens with two attached hydrogens (primary N) is 1. The van der Waals surface area contributed by atoms with Gasteiger partial charge in [0.15, 0.2) is 0 Å². The van der Waals surface area contributed by atoms with E-state index in [1.165, 1.54) is 5.56 Å². The molecule has 0 spiro atoms. The first-order chi connectivity index (χ1) is 17.5. The van der Waals surface area contributed by atoms with E-state index < -0.39 is 0 Å². The zero-order valence-electron chi connectivity index (χ0n) is 20.8. The summed E-state index contributed by atoms with van der Waals surface area (Å²) in [7, 11) is 0. The van der Waals surface area contributed by atoms with Crippen LogP contribution in [0, 0.1) is 0 Å². The summed E-state index contributed by atoms with van der Waals surface area (Å²) < 4.78 is 0. The Kier molecular flexibility index (Phi) is 8.97. The number of nitrogens with one attached hydrogen (secondary N) is 2. The van der Waals surface area contributed by atoms with Crippen molar-refractivity contribution in [2.45, 2.75) is 44.2 Å². The highest BCUT2D eigenvalue weighted by atomic mass is 35.5. The number of amides is 2. The first-order valence-corrected chi connectivity index (χ1v) is 13.1. The molecule has 4 N–H and O–H groups in total. The standard InChI is InChI=1S/C29H35ClN4O2/c1-2-20(21-6-4-3-5-7-21)19-34-15-13-26(33-27(12-14-31)29(34)36)18-32-28(35)24-9-8-23-17-25(30)11-10-22(23)16-24/h3-11,16-17,20,26-27,33H,2,12-15,18-19,31H2,1H3,(H,32,35)/t20-,26+,27+/m1/s1. The summed E-state index contributed by atoms with van der Waals surface area (Å²) in [6.07, 6.45) is 2.28. The van der Waals surface area contributed by atoms with Gasteiger partial charge in [0.1, 0.15) is 0 Å². The Bertz CT molecular complexity index is 1190. The third-order valence-electron chi connectivity index (χ3n) is 7.03. The summed E-state index contributed by atoms with van der Waals surface area (Å²) in [4.78, 5) is 28.3. The van der Waals surface area contributed by atoms with Gasteiger partial charge >= 0.3 is 0 Å². The molecule has 3 atom stereocenters. The molecule has 4 rings (SSSR count). The number of carbonyl (C=O) groups excluding carboxylic acids is 2. The number of halogens is 1. The lowest BCUT2D eigenvalue weighted by Crippen LogP contribution is -2.49. The third kappa shape index (κ3) is 6.44. The lowest BCUT2D eigenvalue weighted by atomic mass is 9.95. The molecular weight excluding hydrogens is 472 g/mol. The van der Waals surface area contributed by atoms with E-state index in [0.717, 1.165) is 23.6 Å². The average molecular weight is 507 g/mol. The fourth-order valence-electron chi connectivity index (χ4n) is 4.93. The van der Waals surface area contributed by atoms with Gasteiger partial charge in [-0.1, -0.05) is 61.0 Å². The quantitative estimate of drug-likeness (QED) is 0.403. The normalized spacial score (nSPS) is 19.2. The van der Waals surface area contributed by atoms with E-state index in [1.807, 2.05) is 59.5 Å². The van der Waals surface area contributed by atoms with Gasteiger partial charge in [-0.15, -0.1) is 0 Å². The molecule has 7 heteroatoms. The summed E-state index contributed by atoms with van der Waals surface area (Å²) in [6, 6.07) is 21.2. The minimum absolute atomic E-state index is 0.0180. The van der Waals surface area contributed by atoms with E-state index in [-0.39, 0.29) is 29.8 Å². The van der Waals surface area contributed by atoms with Crippen molar-refractivity contribution < 1.29 is 9.59 Å². The van der Waals surface area contributed by atoms with Crippen LogP contribution in [0.15, 0.2) is 66.7 Å². The van der Waals surface area contributed by atoms with Gasteiger partial charge in [0.2, 0.25) is 5.91 Å². The fraction of sp³-hybridized carbons (Fsp3) is 0.379. The zero-order chi connectivity index (χ0) is 25.5. The van der Waals surface area contributed by atoms with E-state index in [4.69, 9.17) is 17.3 Å². The summed E-state index contributed by atoms with van der Waals surface area (Å²) >= 11 is 6.07. The maximum absolute atomic E-state index is 13.4. The molecule has 2 amide bonds. The second kappa shape index (κ2) is 12.3. The Balaban J connectivity index is 1.41. The molecule has 6 nitrogen and oxygen atoms in total. The lowest BCUT2D eigenvalue weighted by molar-refractivity contribution is -0.133. The molecule has 3 aromatic carbocycles. The van der Waals surface area contributed by atoms with Crippen LogP contribution in [-0.2, 0) is 4.79 Å². The Hall–Kier alpha value is -2.93. The fourth-order valence-corrected chi connectivity index (χ4v) is 5.11. The van der Waals surface area contributed by atoms with Gasteiger partial charge < -0.3 is 21.3 Å². The van der Waals surface area contributed by atoms with E-state index in [9.17, 15) is 9.59 Å². The van der Waals surface area contributed by atoms with Crippen molar-refractivity contribution >= 4 is 34.2 Å². The van der Waals surface area contributed by atoms with Crippen LogP contribution in [-0.4, -0.2) is 55.0 Å². The molecule has 1 fully saturated rings. The molecule has 0 aromatic heterocycles. The molecular formula is C29H35ClN4O2. The van der Waals surface area contributed by atoms with Crippen LogP contribution in [0.3, 0.4) is 0 Å². The molecule has 1 saturated heterocycles. The van der Waals surface area contributed by atoms with E-state index >= 15 is 0 Å². The Morgan fingerprint density at radius 1 is 1.14 bits per heavy atom. The van der Waals surface area contributed by atoms with E-state index in [0.29, 0.717) is 43.2 Å². The number of carbonyl (C=O) groups is 2. The number of hydrogen-bond acceptors (Lipinski definition) is 4. The van der Waals surface area contributed by atoms with Gasteiger partial charge in [-0.25, -0.2) is 0 Å². The maximum Gasteiger partial charge on any atom is 0.251 e. The third-order valence-corrected chi connectivity index (χ3v) is 7.26. The summed E-state index contributed by atoms with van der Waals surface area (Å²) in [5.41, 5.74) is 7.70. The van der Waals surface area contributed by atoms with Crippen LogP contribution in [0.5, 0.6) is 0 Å². The molecule has 1 heterocycles. The Morgan fingerprint density at radius 2 is 1.89 bits per heavy atom. The maximum atomic E-state index is 13.4. The van der Waals surface area contributed by atoms with Crippen LogP contribution < -0.4 is 16.4 Å². The van der Waals surface area contributed by atoms with Crippen LogP contribution >= 0.6 is 11.6 Å². The highest BCUT2D eigenvalue weighted by Gasteiger charge is 2.31. The topological polar surface area (TPSA) is 87.5 Å². The molecule has 3 aromatic rings. The SMILES string of the molecule is CC[C@H](CN1CC[C@@H](CNC(=O)c2ccc3cc(Cl)ccc3c2)N[C@@H](CCN)C1=O)c1ccccc1. The van der Waals surface area contributed by atoms with Crippen LogP contribution in [0.1, 0.15) is 48.0 Å². The number of benzene rings is 3. The minimum Gasteiger partial charge on any atom is -0.350 e. The Labute approximate surface area is 218 Å². The second-order valence-corrected chi connectivity index (χ2v) is 9.94. The summed E-state index contributed by atoms with van der Waals surface area (Å²) in [5.74, 6) is 0.246. The number of fused-ring (bicyclic) bond motifs is 1. The molecule has 1 aliphatic rings. The summed E-state index contributed by atoms with van der Waals surface area (Å²) in [5, 5.41) is 9.15. The van der Waals surface area contributed by atoms with Gasteiger partial charge in [-0.05, 0) is 66.4 Å². The molecule has 0 bridgehead atoms. The molecule has 0 saturated carbocycles. The average Bonchev–Trinajstić information content (AvgIpc) is 3.04. The first kappa shape index (κ1) is 26.1. The van der Waals surface area contributed by atoms with Crippen molar-refractivity contribution in [1.29, 1.82) is 0 Å². The Morgan fingerprint density at radius 3 is 2.64 bits per heavy atom. The lowest BCUT2D eigenvalue weighted by Gasteiger charge is -2.28. The second-order valence-electron chi connectivity index (χ2n) is 9.50. The van der Waals surface area contributed by atoms with Crippen LogP contribution in [0.2, 0.25) is 5.02 Å². The van der Waals surface area contributed by atoms with Gasteiger partial charge in [0.05, 0.1) is 6.04 Å². The zero-order valence-corrected chi connectivity index (χ0v) is 21.5. The van der Waals surface area contributed by atoms with Gasteiger partial charge in [-0.2, -0.15) is 0 Å². The molecule has 190 valence electrons. The van der Waals surface area contributed by atoms with Crippen molar-refractivity contribution in [2.75, 3.05) is 26.2 Å². The van der Waals surface area contributed by atoms with Crippen LogP contribution in [0.25, 0.3) is 10.8 Å². The van der Waals surface area contributed by atoms with E-state index in [2.05, 4.69) is 29.7 Å².